The van der Waals surface area contributed by atoms with Crippen LogP contribution in [0.15, 0.2) is 17.5 Å². The Morgan fingerprint density at radius 2 is 2.22 bits per heavy atom. The normalized spacial score (nSPS) is 13.8. The zero-order chi connectivity index (χ0) is 13.8. The van der Waals surface area contributed by atoms with Gasteiger partial charge in [0.2, 0.25) is 0 Å². The third-order valence-electron chi connectivity index (χ3n) is 3.65. The molecular weight excluding hydrogens is 242 g/mol. The predicted molar refractivity (Wildman–Crippen MR) is 80.4 cm³/mol. The highest BCUT2D eigenvalue weighted by Crippen LogP contribution is 2.21. The maximum atomic E-state index is 7.57. The standard InChI is InChI=1S/C14H25N3S/c1-11(10-12-6-5-9-18-12)17(4)8-7-14(2,3)13(15)16/h5-6,9,11H,7-8,10H2,1-4H3,(H3,15,16). The average Bonchev–Trinajstić information content (AvgIpc) is 2.78. The Kier molecular flexibility index (Phi) is 5.35. The predicted octanol–water partition coefficient (Wildman–Crippen LogP) is 2.96. The lowest BCUT2D eigenvalue weighted by molar-refractivity contribution is 0.231. The van der Waals surface area contributed by atoms with Crippen LogP contribution in [0, 0.1) is 10.8 Å². The molecule has 0 aliphatic rings. The van der Waals surface area contributed by atoms with Crippen molar-refractivity contribution in [2.24, 2.45) is 11.1 Å². The first kappa shape index (κ1) is 15.2. The minimum Gasteiger partial charge on any atom is -0.387 e. The molecule has 0 aliphatic heterocycles. The zero-order valence-electron chi connectivity index (χ0n) is 11.9. The van der Waals surface area contributed by atoms with Crippen LogP contribution in [0.2, 0.25) is 0 Å². The van der Waals surface area contributed by atoms with Gasteiger partial charge < -0.3 is 10.6 Å². The van der Waals surface area contributed by atoms with Crippen molar-refractivity contribution in [2.45, 2.75) is 39.7 Å². The van der Waals surface area contributed by atoms with E-state index >= 15 is 0 Å². The second kappa shape index (κ2) is 6.34. The van der Waals surface area contributed by atoms with Gasteiger partial charge in [0.25, 0.3) is 0 Å². The molecule has 4 heteroatoms. The zero-order valence-corrected chi connectivity index (χ0v) is 12.7. The van der Waals surface area contributed by atoms with Crippen molar-refractivity contribution in [2.75, 3.05) is 13.6 Å². The summed E-state index contributed by atoms with van der Waals surface area (Å²) in [6, 6.07) is 4.81. The summed E-state index contributed by atoms with van der Waals surface area (Å²) in [4.78, 5) is 3.78. The van der Waals surface area contributed by atoms with Gasteiger partial charge in [0.05, 0.1) is 5.84 Å². The van der Waals surface area contributed by atoms with E-state index in [0.29, 0.717) is 6.04 Å². The molecule has 1 rings (SSSR count). The van der Waals surface area contributed by atoms with E-state index in [1.807, 2.05) is 25.2 Å². The van der Waals surface area contributed by atoms with E-state index in [1.165, 1.54) is 4.88 Å². The van der Waals surface area contributed by atoms with E-state index in [2.05, 4.69) is 36.4 Å². The first-order valence-corrected chi connectivity index (χ1v) is 7.28. The lowest BCUT2D eigenvalue weighted by atomic mass is 9.88. The molecule has 0 bridgehead atoms. The molecule has 1 atom stereocenters. The molecule has 1 unspecified atom stereocenters. The van der Waals surface area contributed by atoms with Crippen LogP contribution < -0.4 is 5.73 Å². The smallest absolute Gasteiger partial charge is 0.0963 e. The number of likely N-dealkylation sites (N-methyl/N-ethyl adjacent to an activating group) is 1. The lowest BCUT2D eigenvalue weighted by Gasteiger charge is -2.29. The van der Waals surface area contributed by atoms with Gasteiger partial charge in [0.15, 0.2) is 0 Å². The molecule has 0 spiro atoms. The molecular formula is C14H25N3S. The van der Waals surface area contributed by atoms with Gasteiger partial charge in [-0.3, -0.25) is 5.41 Å². The molecule has 0 amide bonds. The van der Waals surface area contributed by atoms with E-state index in [4.69, 9.17) is 11.1 Å². The third-order valence-corrected chi connectivity index (χ3v) is 4.55. The maximum Gasteiger partial charge on any atom is 0.0963 e. The van der Waals surface area contributed by atoms with Gasteiger partial charge >= 0.3 is 0 Å². The third kappa shape index (κ3) is 4.42. The van der Waals surface area contributed by atoms with Gasteiger partial charge in [-0.2, -0.15) is 0 Å². The molecule has 0 fully saturated rings. The van der Waals surface area contributed by atoms with Crippen molar-refractivity contribution >= 4 is 17.2 Å². The fourth-order valence-corrected chi connectivity index (χ4v) is 2.51. The molecule has 1 aromatic heterocycles. The van der Waals surface area contributed by atoms with Crippen LogP contribution in [0.4, 0.5) is 0 Å². The van der Waals surface area contributed by atoms with E-state index < -0.39 is 0 Å². The Labute approximate surface area is 115 Å². The quantitative estimate of drug-likeness (QED) is 0.589. The molecule has 1 aromatic rings. The summed E-state index contributed by atoms with van der Waals surface area (Å²) in [5, 5.41) is 9.69. The summed E-state index contributed by atoms with van der Waals surface area (Å²) in [7, 11) is 2.15. The van der Waals surface area contributed by atoms with Crippen LogP contribution in [0.1, 0.15) is 32.1 Å². The highest BCUT2D eigenvalue weighted by Gasteiger charge is 2.22. The van der Waals surface area contributed by atoms with Crippen LogP contribution in [0.5, 0.6) is 0 Å². The summed E-state index contributed by atoms with van der Waals surface area (Å²) in [5.41, 5.74) is 5.41. The van der Waals surface area contributed by atoms with Crippen molar-refractivity contribution < 1.29 is 0 Å². The molecule has 0 saturated heterocycles. The van der Waals surface area contributed by atoms with Crippen molar-refractivity contribution in [1.82, 2.24) is 4.90 Å². The Balaban J connectivity index is 2.40. The van der Waals surface area contributed by atoms with Crippen LogP contribution >= 0.6 is 11.3 Å². The largest absolute Gasteiger partial charge is 0.387 e. The first-order valence-electron chi connectivity index (χ1n) is 6.40. The Morgan fingerprint density at radius 3 is 2.72 bits per heavy atom. The fourth-order valence-electron chi connectivity index (χ4n) is 1.69. The highest BCUT2D eigenvalue weighted by molar-refractivity contribution is 7.09. The van der Waals surface area contributed by atoms with Gasteiger partial charge in [-0.05, 0) is 44.8 Å². The van der Waals surface area contributed by atoms with Gasteiger partial charge in [-0.1, -0.05) is 19.9 Å². The maximum absolute atomic E-state index is 7.57. The minimum absolute atomic E-state index is 0.198. The van der Waals surface area contributed by atoms with Crippen molar-refractivity contribution in [3.8, 4) is 0 Å². The second-order valence-electron chi connectivity index (χ2n) is 5.66. The topological polar surface area (TPSA) is 53.1 Å². The van der Waals surface area contributed by atoms with Gasteiger partial charge in [0.1, 0.15) is 0 Å². The summed E-state index contributed by atoms with van der Waals surface area (Å²) in [6.45, 7) is 7.29. The summed E-state index contributed by atoms with van der Waals surface area (Å²) in [6.07, 6.45) is 2.02. The average molecular weight is 267 g/mol. The number of thiophene rings is 1. The number of amidine groups is 1. The van der Waals surface area contributed by atoms with Gasteiger partial charge in [-0.15, -0.1) is 11.3 Å². The Hall–Kier alpha value is -0.870. The molecule has 0 aliphatic carbocycles. The summed E-state index contributed by atoms with van der Waals surface area (Å²) >= 11 is 1.82. The molecule has 3 N–H and O–H groups in total. The lowest BCUT2D eigenvalue weighted by Crippen LogP contribution is -2.37. The van der Waals surface area contributed by atoms with Crippen molar-refractivity contribution in [1.29, 1.82) is 5.41 Å². The van der Waals surface area contributed by atoms with Gasteiger partial charge in [-0.25, -0.2) is 0 Å². The number of nitrogens with zero attached hydrogens (tertiary/aromatic N) is 1. The molecule has 0 saturated carbocycles. The monoisotopic (exact) mass is 267 g/mol. The molecule has 102 valence electrons. The molecule has 0 aromatic carbocycles. The number of nitrogens with two attached hydrogens (primary N) is 1. The first-order chi connectivity index (χ1) is 8.33. The minimum atomic E-state index is -0.198. The molecule has 0 radical (unpaired) electrons. The van der Waals surface area contributed by atoms with E-state index in [-0.39, 0.29) is 11.3 Å². The fraction of sp³-hybridized carbons (Fsp3) is 0.643. The van der Waals surface area contributed by atoms with Crippen LogP contribution in [-0.4, -0.2) is 30.4 Å². The van der Waals surface area contributed by atoms with Crippen molar-refractivity contribution in [3.63, 3.8) is 0 Å². The van der Waals surface area contributed by atoms with Crippen LogP contribution in [0.3, 0.4) is 0 Å². The number of hydrogen-bond acceptors (Lipinski definition) is 3. The Morgan fingerprint density at radius 1 is 1.56 bits per heavy atom. The molecule has 3 nitrogen and oxygen atoms in total. The Bertz CT molecular complexity index is 370. The van der Waals surface area contributed by atoms with Crippen molar-refractivity contribution in [3.05, 3.63) is 22.4 Å². The number of nitrogens with one attached hydrogen (secondary N) is 1. The molecule has 18 heavy (non-hydrogen) atoms. The second-order valence-corrected chi connectivity index (χ2v) is 6.69. The SMILES string of the molecule is CC(Cc1cccs1)N(C)CCC(C)(C)C(=N)N. The van der Waals surface area contributed by atoms with Gasteiger partial charge in [0, 0.05) is 16.3 Å². The number of rotatable bonds is 7. The summed E-state index contributed by atoms with van der Waals surface area (Å²) in [5.74, 6) is 0.279. The van der Waals surface area contributed by atoms with E-state index in [9.17, 15) is 0 Å². The van der Waals surface area contributed by atoms with E-state index in [0.717, 1.165) is 19.4 Å². The van der Waals surface area contributed by atoms with E-state index in [1.54, 1.807) is 0 Å². The van der Waals surface area contributed by atoms with Crippen LogP contribution in [-0.2, 0) is 6.42 Å². The summed E-state index contributed by atoms with van der Waals surface area (Å²) < 4.78 is 0. The molecule has 1 heterocycles. The highest BCUT2D eigenvalue weighted by atomic mass is 32.1. The number of hydrogen-bond donors (Lipinski definition) is 2. The van der Waals surface area contributed by atoms with Crippen LogP contribution in [0.25, 0.3) is 0 Å².